The SMILES string of the molecule is O=c1n(CC2CO2)c(=O)n(CC2CO2)n1CC(O)CBr. The van der Waals surface area contributed by atoms with Crippen LogP contribution in [0.4, 0.5) is 0 Å². The van der Waals surface area contributed by atoms with E-state index >= 15 is 0 Å². The number of ether oxygens (including phenoxy) is 2. The first kappa shape index (κ1) is 14.1. The van der Waals surface area contributed by atoms with Crippen molar-refractivity contribution in [2.45, 2.75) is 37.9 Å². The van der Waals surface area contributed by atoms with Gasteiger partial charge in [0.25, 0.3) is 0 Å². The molecular weight excluding hydrogens is 334 g/mol. The molecule has 1 aromatic rings. The van der Waals surface area contributed by atoms with E-state index in [9.17, 15) is 14.7 Å². The molecule has 2 saturated heterocycles. The van der Waals surface area contributed by atoms with E-state index in [4.69, 9.17) is 9.47 Å². The maximum absolute atomic E-state index is 12.3. The molecule has 9 heteroatoms. The van der Waals surface area contributed by atoms with Crippen LogP contribution in [-0.4, -0.2) is 55.9 Å². The van der Waals surface area contributed by atoms with Crippen molar-refractivity contribution in [1.82, 2.24) is 13.9 Å². The number of nitrogens with zero attached hydrogens (tertiary/aromatic N) is 3. The van der Waals surface area contributed by atoms with Crippen LogP contribution in [0.1, 0.15) is 0 Å². The van der Waals surface area contributed by atoms with Crippen LogP contribution in [0.25, 0.3) is 0 Å². The first-order valence-electron chi connectivity index (χ1n) is 6.48. The van der Waals surface area contributed by atoms with Gasteiger partial charge in [-0.3, -0.25) is 0 Å². The second-order valence-electron chi connectivity index (χ2n) is 5.06. The molecule has 3 rings (SSSR count). The number of aromatic nitrogens is 3. The normalized spacial score (nSPS) is 25.7. The molecular formula is C11H16BrN3O5. The molecule has 0 bridgehead atoms. The molecule has 20 heavy (non-hydrogen) atoms. The highest BCUT2D eigenvalue weighted by Gasteiger charge is 2.30. The summed E-state index contributed by atoms with van der Waals surface area (Å²) in [5, 5.41) is 10.1. The van der Waals surface area contributed by atoms with Gasteiger partial charge in [-0.05, 0) is 0 Å². The van der Waals surface area contributed by atoms with Gasteiger partial charge in [0, 0.05) is 5.33 Å². The van der Waals surface area contributed by atoms with E-state index in [0.29, 0.717) is 25.1 Å². The molecule has 0 amide bonds. The molecule has 0 aromatic carbocycles. The summed E-state index contributed by atoms with van der Waals surface area (Å²) in [5.74, 6) is 0. The van der Waals surface area contributed by atoms with Crippen molar-refractivity contribution in [3.63, 3.8) is 0 Å². The van der Waals surface area contributed by atoms with E-state index in [-0.39, 0.29) is 31.0 Å². The fourth-order valence-corrected chi connectivity index (χ4v) is 2.27. The van der Waals surface area contributed by atoms with Gasteiger partial charge in [0.05, 0.1) is 45.1 Å². The molecule has 1 aromatic heterocycles. The minimum absolute atomic E-state index is 0.0208. The van der Waals surface area contributed by atoms with Gasteiger partial charge in [-0.2, -0.15) is 0 Å². The predicted octanol–water partition coefficient (Wildman–Crippen LogP) is -1.64. The summed E-state index contributed by atoms with van der Waals surface area (Å²) < 4.78 is 14.0. The number of hydrogen-bond acceptors (Lipinski definition) is 5. The Labute approximate surface area is 122 Å². The maximum atomic E-state index is 12.3. The minimum atomic E-state index is -0.730. The average molecular weight is 350 g/mol. The third-order valence-corrected chi connectivity index (χ3v) is 4.07. The number of halogens is 1. The van der Waals surface area contributed by atoms with E-state index in [1.165, 1.54) is 13.9 Å². The Hall–Kier alpha value is -0.900. The molecule has 1 N–H and O–H groups in total. The lowest BCUT2D eigenvalue weighted by molar-refractivity contribution is 0.162. The van der Waals surface area contributed by atoms with E-state index in [1.54, 1.807) is 0 Å². The number of epoxide rings is 2. The Kier molecular flexibility index (Phi) is 3.85. The Morgan fingerprint density at radius 2 is 1.70 bits per heavy atom. The van der Waals surface area contributed by atoms with E-state index in [0.717, 1.165) is 0 Å². The van der Waals surface area contributed by atoms with E-state index in [2.05, 4.69) is 15.9 Å². The first-order valence-corrected chi connectivity index (χ1v) is 7.60. The molecule has 0 aliphatic carbocycles. The molecule has 3 unspecified atom stereocenters. The second kappa shape index (κ2) is 5.47. The summed E-state index contributed by atoms with van der Waals surface area (Å²) >= 11 is 3.16. The van der Waals surface area contributed by atoms with Crippen LogP contribution in [0.15, 0.2) is 9.59 Å². The van der Waals surface area contributed by atoms with Crippen molar-refractivity contribution >= 4 is 15.9 Å². The Balaban J connectivity index is 1.94. The zero-order valence-corrected chi connectivity index (χ0v) is 12.4. The lowest BCUT2D eigenvalue weighted by Crippen LogP contribution is -2.33. The fraction of sp³-hybridized carbons (Fsp3) is 0.818. The zero-order valence-electron chi connectivity index (χ0n) is 10.8. The molecule has 2 aliphatic heterocycles. The molecule has 3 atom stereocenters. The lowest BCUT2D eigenvalue weighted by Gasteiger charge is -2.11. The van der Waals surface area contributed by atoms with Gasteiger partial charge in [0.1, 0.15) is 6.10 Å². The van der Waals surface area contributed by atoms with Crippen molar-refractivity contribution in [2.24, 2.45) is 0 Å². The lowest BCUT2D eigenvalue weighted by atomic mass is 10.4. The summed E-state index contributed by atoms with van der Waals surface area (Å²) in [5.41, 5.74) is -0.783. The Bertz CT molecular complexity index is 598. The van der Waals surface area contributed by atoms with Crippen molar-refractivity contribution < 1.29 is 14.6 Å². The van der Waals surface area contributed by atoms with Crippen LogP contribution in [0.5, 0.6) is 0 Å². The maximum Gasteiger partial charge on any atom is 0.347 e. The van der Waals surface area contributed by atoms with Crippen molar-refractivity contribution in [1.29, 1.82) is 0 Å². The van der Waals surface area contributed by atoms with E-state index < -0.39 is 11.8 Å². The van der Waals surface area contributed by atoms with Crippen LogP contribution in [0.2, 0.25) is 0 Å². The molecule has 112 valence electrons. The summed E-state index contributed by atoms with van der Waals surface area (Å²) in [6.07, 6.45) is -0.804. The second-order valence-corrected chi connectivity index (χ2v) is 5.71. The van der Waals surface area contributed by atoms with Crippen LogP contribution in [0, 0.1) is 0 Å². The monoisotopic (exact) mass is 349 g/mol. The quantitative estimate of drug-likeness (QED) is 0.471. The van der Waals surface area contributed by atoms with Crippen molar-refractivity contribution in [3.8, 4) is 0 Å². The number of rotatable bonds is 7. The van der Waals surface area contributed by atoms with Crippen LogP contribution < -0.4 is 11.4 Å². The molecule has 2 fully saturated rings. The molecule has 0 saturated carbocycles. The van der Waals surface area contributed by atoms with Gasteiger partial charge in [-0.15, -0.1) is 0 Å². The highest BCUT2D eigenvalue weighted by Crippen LogP contribution is 2.12. The summed E-state index contributed by atoms with van der Waals surface area (Å²) in [6, 6.07) is 0. The smallest absolute Gasteiger partial charge is 0.347 e. The van der Waals surface area contributed by atoms with Gasteiger partial charge in [0.2, 0.25) is 0 Å². The van der Waals surface area contributed by atoms with Gasteiger partial charge in [0.15, 0.2) is 0 Å². The predicted molar refractivity (Wildman–Crippen MR) is 72.2 cm³/mol. The van der Waals surface area contributed by atoms with Crippen molar-refractivity contribution in [2.75, 3.05) is 18.5 Å². The molecule has 2 aliphatic rings. The van der Waals surface area contributed by atoms with Gasteiger partial charge in [-0.25, -0.2) is 23.5 Å². The number of aliphatic hydroxyl groups is 1. The Morgan fingerprint density at radius 3 is 2.25 bits per heavy atom. The number of aliphatic hydroxyl groups excluding tert-OH is 1. The summed E-state index contributed by atoms with van der Waals surface area (Å²) in [4.78, 5) is 24.6. The van der Waals surface area contributed by atoms with Crippen LogP contribution >= 0.6 is 15.9 Å². The summed E-state index contributed by atoms with van der Waals surface area (Å²) in [6.45, 7) is 1.85. The minimum Gasteiger partial charge on any atom is -0.390 e. The fourth-order valence-electron chi connectivity index (χ4n) is 2.07. The zero-order chi connectivity index (χ0) is 14.3. The largest absolute Gasteiger partial charge is 0.390 e. The standard InChI is InChI=1S/C11H16BrN3O5/c12-1-7(16)2-14-10(17)13(3-8-5-19-8)11(18)15(14)4-9-6-20-9/h7-9,16H,1-6H2. The third-order valence-electron chi connectivity index (χ3n) is 3.32. The molecule has 8 nitrogen and oxygen atoms in total. The summed E-state index contributed by atoms with van der Waals surface area (Å²) in [7, 11) is 0. The highest BCUT2D eigenvalue weighted by molar-refractivity contribution is 9.09. The first-order chi connectivity index (χ1) is 9.60. The van der Waals surface area contributed by atoms with Gasteiger partial charge < -0.3 is 14.6 Å². The van der Waals surface area contributed by atoms with Crippen LogP contribution in [0.3, 0.4) is 0 Å². The molecule has 0 spiro atoms. The Morgan fingerprint density at radius 1 is 1.15 bits per heavy atom. The van der Waals surface area contributed by atoms with Crippen molar-refractivity contribution in [3.05, 3.63) is 21.0 Å². The topological polar surface area (TPSA) is 94.2 Å². The highest BCUT2D eigenvalue weighted by atomic mass is 79.9. The van der Waals surface area contributed by atoms with Gasteiger partial charge >= 0.3 is 11.4 Å². The third kappa shape index (κ3) is 2.90. The average Bonchev–Trinajstić information content (AvgIpc) is 3.32. The van der Waals surface area contributed by atoms with Crippen LogP contribution in [-0.2, 0) is 29.1 Å². The molecule has 0 radical (unpaired) electrons. The molecule has 3 heterocycles. The van der Waals surface area contributed by atoms with Gasteiger partial charge in [-0.1, -0.05) is 15.9 Å². The van der Waals surface area contributed by atoms with E-state index in [1.807, 2.05) is 0 Å². The number of alkyl halides is 1. The number of hydrogen-bond donors (Lipinski definition) is 1.